The molecule has 0 atom stereocenters. The van der Waals surface area contributed by atoms with E-state index in [2.05, 4.69) is 15.9 Å². The summed E-state index contributed by atoms with van der Waals surface area (Å²) in [6.45, 7) is 5.40. The largest absolute Gasteiger partial charge is 0.496 e. The lowest BCUT2D eigenvalue weighted by molar-refractivity contribution is 0.00694. The lowest BCUT2D eigenvalue weighted by Crippen LogP contribution is -2.24. The summed E-state index contributed by atoms with van der Waals surface area (Å²) in [5.41, 5.74) is 5.86. The molecule has 0 unspecified atom stereocenters. The van der Waals surface area contributed by atoms with Crippen molar-refractivity contribution in [3.8, 4) is 5.75 Å². The van der Waals surface area contributed by atoms with E-state index < -0.39 is 11.6 Å². The number of carbonyl (C=O) groups excluding carboxylic acids is 1. The van der Waals surface area contributed by atoms with Gasteiger partial charge in [-0.3, -0.25) is 0 Å². The van der Waals surface area contributed by atoms with E-state index in [0.717, 1.165) is 0 Å². The number of rotatable bonds is 2. The van der Waals surface area contributed by atoms with E-state index in [-0.39, 0.29) is 0 Å². The lowest BCUT2D eigenvalue weighted by atomic mass is 10.1. The van der Waals surface area contributed by atoms with E-state index >= 15 is 0 Å². The van der Waals surface area contributed by atoms with Crippen LogP contribution in [-0.2, 0) is 4.74 Å². The molecule has 1 aromatic carbocycles. The molecule has 94 valence electrons. The monoisotopic (exact) mass is 301 g/mol. The number of hydrogen-bond acceptors (Lipinski definition) is 4. The van der Waals surface area contributed by atoms with Gasteiger partial charge in [-0.15, -0.1) is 0 Å². The van der Waals surface area contributed by atoms with E-state index in [1.54, 1.807) is 32.9 Å². The molecule has 0 saturated heterocycles. The first-order chi connectivity index (χ1) is 7.76. The Morgan fingerprint density at radius 1 is 1.35 bits per heavy atom. The van der Waals surface area contributed by atoms with E-state index in [1.807, 2.05) is 0 Å². The molecular weight excluding hydrogens is 286 g/mol. The molecule has 1 aromatic rings. The molecule has 0 spiro atoms. The maximum atomic E-state index is 12.0. The third kappa shape index (κ3) is 3.36. The molecule has 0 amide bonds. The topological polar surface area (TPSA) is 61.5 Å². The zero-order valence-corrected chi connectivity index (χ0v) is 11.9. The van der Waals surface area contributed by atoms with Gasteiger partial charge < -0.3 is 15.2 Å². The van der Waals surface area contributed by atoms with Gasteiger partial charge in [-0.05, 0) is 48.8 Å². The highest BCUT2D eigenvalue weighted by Gasteiger charge is 2.23. The minimum absolute atomic E-state index is 0.291. The van der Waals surface area contributed by atoms with Crippen molar-refractivity contribution in [3.05, 3.63) is 22.2 Å². The Labute approximate surface area is 109 Å². The Hall–Kier alpha value is -1.23. The van der Waals surface area contributed by atoms with E-state index in [4.69, 9.17) is 15.2 Å². The van der Waals surface area contributed by atoms with Crippen LogP contribution in [0.2, 0.25) is 0 Å². The fourth-order valence-electron chi connectivity index (χ4n) is 1.27. The average molecular weight is 302 g/mol. The van der Waals surface area contributed by atoms with Gasteiger partial charge >= 0.3 is 5.97 Å². The summed E-state index contributed by atoms with van der Waals surface area (Å²) in [7, 11) is 1.52. The number of nitrogens with two attached hydrogens (primary N) is 1. The van der Waals surface area contributed by atoms with Crippen LogP contribution < -0.4 is 10.5 Å². The van der Waals surface area contributed by atoms with Gasteiger partial charge in [-0.25, -0.2) is 4.79 Å². The summed E-state index contributed by atoms with van der Waals surface area (Å²) in [4.78, 5) is 12.0. The first-order valence-corrected chi connectivity index (χ1v) is 5.91. The fourth-order valence-corrected chi connectivity index (χ4v) is 1.95. The van der Waals surface area contributed by atoms with Crippen molar-refractivity contribution < 1.29 is 14.3 Å². The Morgan fingerprint density at radius 2 is 1.94 bits per heavy atom. The number of benzene rings is 1. The number of hydrogen-bond donors (Lipinski definition) is 1. The van der Waals surface area contributed by atoms with E-state index in [0.29, 0.717) is 21.5 Å². The van der Waals surface area contributed by atoms with Crippen LogP contribution >= 0.6 is 15.9 Å². The minimum Gasteiger partial charge on any atom is -0.496 e. The second-order valence-corrected chi connectivity index (χ2v) is 5.34. The molecule has 0 aliphatic rings. The summed E-state index contributed by atoms with van der Waals surface area (Å²) in [5.74, 6) is 0.0702. The third-order valence-corrected chi connectivity index (χ3v) is 2.75. The molecular formula is C12H16BrNO3. The predicted octanol–water partition coefficient (Wildman–Crippen LogP) is 3.00. The molecule has 0 fully saturated rings. The third-order valence-electron chi connectivity index (χ3n) is 1.96. The highest BCUT2D eigenvalue weighted by molar-refractivity contribution is 9.10. The molecule has 17 heavy (non-hydrogen) atoms. The molecule has 0 radical (unpaired) electrons. The predicted molar refractivity (Wildman–Crippen MR) is 70.3 cm³/mol. The van der Waals surface area contributed by atoms with Crippen LogP contribution in [0, 0.1) is 0 Å². The Morgan fingerprint density at radius 3 is 2.41 bits per heavy atom. The van der Waals surface area contributed by atoms with Gasteiger partial charge in [0.15, 0.2) is 0 Å². The van der Waals surface area contributed by atoms with Gasteiger partial charge in [0.2, 0.25) is 0 Å². The van der Waals surface area contributed by atoms with Gasteiger partial charge in [0.25, 0.3) is 0 Å². The maximum Gasteiger partial charge on any atom is 0.342 e. The summed E-state index contributed by atoms with van der Waals surface area (Å²) in [5, 5.41) is 0. The van der Waals surface area contributed by atoms with Gasteiger partial charge in [0.1, 0.15) is 16.9 Å². The molecule has 0 aliphatic heterocycles. The first-order valence-electron chi connectivity index (χ1n) is 5.11. The van der Waals surface area contributed by atoms with Crippen molar-refractivity contribution in [1.29, 1.82) is 0 Å². The molecule has 5 heteroatoms. The molecule has 0 saturated carbocycles. The van der Waals surface area contributed by atoms with Crippen molar-refractivity contribution in [2.24, 2.45) is 0 Å². The quantitative estimate of drug-likeness (QED) is 0.674. The van der Waals surface area contributed by atoms with Crippen LogP contribution in [0.3, 0.4) is 0 Å². The standard InChI is InChI=1S/C12H16BrNO3/c1-12(2,3)17-11(15)9-7(14)5-6-8(16-4)10(9)13/h5-6H,14H2,1-4H3. The van der Waals surface area contributed by atoms with Crippen LogP contribution in [0.15, 0.2) is 16.6 Å². The fraction of sp³-hybridized carbons (Fsp3) is 0.417. The first kappa shape index (κ1) is 13.8. The maximum absolute atomic E-state index is 12.0. The summed E-state index contributed by atoms with van der Waals surface area (Å²) < 4.78 is 10.9. The second kappa shape index (κ2) is 4.96. The van der Waals surface area contributed by atoms with Gasteiger partial charge in [0, 0.05) is 5.69 Å². The normalized spacial score (nSPS) is 11.1. The zero-order valence-electron chi connectivity index (χ0n) is 10.3. The minimum atomic E-state index is -0.563. The molecule has 1 rings (SSSR count). The molecule has 0 aliphatic carbocycles. The van der Waals surface area contributed by atoms with Crippen LogP contribution in [-0.4, -0.2) is 18.7 Å². The molecule has 0 bridgehead atoms. The van der Waals surface area contributed by atoms with Crippen molar-refractivity contribution in [2.45, 2.75) is 26.4 Å². The van der Waals surface area contributed by atoms with E-state index in [1.165, 1.54) is 7.11 Å². The van der Waals surface area contributed by atoms with Crippen LogP contribution in [0.4, 0.5) is 5.69 Å². The summed E-state index contributed by atoms with van der Waals surface area (Å²) in [6.07, 6.45) is 0. The van der Waals surface area contributed by atoms with Gasteiger partial charge in [-0.2, -0.15) is 0 Å². The summed E-state index contributed by atoms with van der Waals surface area (Å²) >= 11 is 3.29. The lowest BCUT2D eigenvalue weighted by Gasteiger charge is -2.21. The molecule has 2 N–H and O–H groups in total. The number of anilines is 1. The van der Waals surface area contributed by atoms with Crippen LogP contribution in [0.1, 0.15) is 31.1 Å². The molecule has 0 aromatic heterocycles. The van der Waals surface area contributed by atoms with Crippen molar-refractivity contribution in [1.82, 2.24) is 0 Å². The SMILES string of the molecule is COc1ccc(N)c(C(=O)OC(C)(C)C)c1Br. The Kier molecular flexibility index (Phi) is 4.03. The Bertz CT molecular complexity index is 438. The summed E-state index contributed by atoms with van der Waals surface area (Å²) in [6, 6.07) is 3.30. The van der Waals surface area contributed by atoms with E-state index in [9.17, 15) is 4.79 Å². The molecule has 0 heterocycles. The second-order valence-electron chi connectivity index (χ2n) is 4.55. The number of esters is 1. The van der Waals surface area contributed by atoms with Crippen molar-refractivity contribution in [3.63, 3.8) is 0 Å². The molecule has 4 nitrogen and oxygen atoms in total. The Balaban J connectivity index is 3.17. The van der Waals surface area contributed by atoms with Crippen molar-refractivity contribution in [2.75, 3.05) is 12.8 Å². The van der Waals surface area contributed by atoms with Gasteiger partial charge in [-0.1, -0.05) is 0 Å². The van der Waals surface area contributed by atoms with Gasteiger partial charge in [0.05, 0.1) is 11.6 Å². The number of ether oxygens (including phenoxy) is 2. The smallest absolute Gasteiger partial charge is 0.342 e. The number of methoxy groups -OCH3 is 1. The average Bonchev–Trinajstić information content (AvgIpc) is 2.15. The van der Waals surface area contributed by atoms with Crippen molar-refractivity contribution >= 4 is 27.6 Å². The van der Waals surface area contributed by atoms with Crippen LogP contribution in [0.5, 0.6) is 5.75 Å². The zero-order chi connectivity index (χ0) is 13.2. The highest BCUT2D eigenvalue weighted by atomic mass is 79.9. The highest BCUT2D eigenvalue weighted by Crippen LogP contribution is 2.33. The number of carbonyl (C=O) groups is 1. The number of halogens is 1. The number of nitrogen functional groups attached to an aromatic ring is 1. The van der Waals surface area contributed by atoms with Crippen LogP contribution in [0.25, 0.3) is 0 Å².